The van der Waals surface area contributed by atoms with Crippen molar-refractivity contribution in [3.63, 3.8) is 0 Å². The smallest absolute Gasteiger partial charge is 0.319 e. The first-order chi connectivity index (χ1) is 12.6. The minimum absolute atomic E-state index is 0.220. The van der Waals surface area contributed by atoms with Gasteiger partial charge in [-0.15, -0.1) is 0 Å². The van der Waals surface area contributed by atoms with E-state index in [2.05, 4.69) is 16.0 Å². The number of carbonyl (C=O) groups is 1. The number of para-hydroxylation sites is 1. The van der Waals surface area contributed by atoms with Crippen LogP contribution in [0, 0.1) is 0 Å². The highest BCUT2D eigenvalue weighted by Crippen LogP contribution is 2.30. The van der Waals surface area contributed by atoms with Crippen molar-refractivity contribution in [1.29, 1.82) is 0 Å². The lowest BCUT2D eigenvalue weighted by Gasteiger charge is -2.32. The topological polar surface area (TPSA) is 82.6 Å². The third-order valence-electron chi connectivity index (χ3n) is 4.57. The minimum Gasteiger partial charge on any atom is -0.496 e. The van der Waals surface area contributed by atoms with Crippen LogP contribution in [0.25, 0.3) is 11.1 Å². The molecule has 1 aliphatic heterocycles. The molecule has 2 aromatic rings. The number of methoxy groups -OCH3 is 1. The van der Waals surface area contributed by atoms with Crippen molar-refractivity contribution in [2.45, 2.75) is 18.4 Å². The molecule has 0 spiro atoms. The van der Waals surface area contributed by atoms with Gasteiger partial charge >= 0.3 is 6.03 Å². The Hall–Kier alpha value is -2.57. The predicted molar refractivity (Wildman–Crippen MR) is 103 cm³/mol. The van der Waals surface area contributed by atoms with Gasteiger partial charge in [0.2, 0.25) is 0 Å². The molecule has 4 N–H and O–H groups in total. The summed E-state index contributed by atoms with van der Waals surface area (Å²) in [5.74, 6) is 0.779. The van der Waals surface area contributed by atoms with Crippen molar-refractivity contribution in [2.75, 3.05) is 32.1 Å². The van der Waals surface area contributed by atoms with Gasteiger partial charge in [0.05, 0.1) is 12.7 Å². The Morgan fingerprint density at radius 1 is 1.27 bits per heavy atom. The van der Waals surface area contributed by atoms with E-state index in [1.165, 1.54) is 0 Å². The molecule has 1 atom stereocenters. The molecular weight excluding hydrogens is 330 g/mol. The summed E-state index contributed by atoms with van der Waals surface area (Å²) < 4.78 is 5.40. The van der Waals surface area contributed by atoms with Gasteiger partial charge in [-0.05, 0) is 43.1 Å². The van der Waals surface area contributed by atoms with E-state index in [-0.39, 0.29) is 12.6 Å². The van der Waals surface area contributed by atoms with Crippen LogP contribution in [-0.2, 0) is 0 Å². The summed E-state index contributed by atoms with van der Waals surface area (Å²) in [5, 5.41) is 19.2. The number of rotatable bonds is 5. The first-order valence-electron chi connectivity index (χ1n) is 8.81. The highest BCUT2D eigenvalue weighted by molar-refractivity contribution is 5.90. The van der Waals surface area contributed by atoms with E-state index in [0.717, 1.165) is 29.8 Å². The fourth-order valence-corrected chi connectivity index (χ4v) is 3.17. The summed E-state index contributed by atoms with van der Waals surface area (Å²) in [6.45, 7) is 1.62. The fourth-order valence-electron chi connectivity index (χ4n) is 3.17. The van der Waals surface area contributed by atoms with Gasteiger partial charge in [0.1, 0.15) is 5.75 Å². The Morgan fingerprint density at radius 2 is 2.12 bits per heavy atom. The van der Waals surface area contributed by atoms with Crippen LogP contribution < -0.4 is 20.7 Å². The van der Waals surface area contributed by atoms with Crippen LogP contribution in [0.15, 0.2) is 48.5 Å². The van der Waals surface area contributed by atoms with E-state index in [1.54, 1.807) is 7.11 Å². The highest BCUT2D eigenvalue weighted by atomic mass is 16.5. The van der Waals surface area contributed by atoms with Crippen LogP contribution in [0.1, 0.15) is 12.8 Å². The number of hydrogen-bond acceptors (Lipinski definition) is 4. The Balaban J connectivity index is 1.64. The number of hydrogen-bond donors (Lipinski definition) is 4. The van der Waals surface area contributed by atoms with Gasteiger partial charge in [0, 0.05) is 24.3 Å². The molecule has 138 valence electrons. The number of β-amino-alcohol motifs (C(OH)–C–C–N with tert-alkyl or cyclic N) is 1. The molecule has 0 bridgehead atoms. The Bertz CT molecular complexity index is 757. The number of ether oxygens (including phenoxy) is 1. The molecule has 1 saturated heterocycles. The van der Waals surface area contributed by atoms with E-state index in [4.69, 9.17) is 4.74 Å². The van der Waals surface area contributed by atoms with Crippen LogP contribution in [0.5, 0.6) is 5.75 Å². The summed E-state index contributed by atoms with van der Waals surface area (Å²) in [6.07, 6.45) is 1.59. The van der Waals surface area contributed by atoms with Gasteiger partial charge in [0.15, 0.2) is 0 Å². The molecule has 0 saturated carbocycles. The fraction of sp³-hybridized carbons (Fsp3) is 0.350. The van der Waals surface area contributed by atoms with E-state index in [9.17, 15) is 9.90 Å². The lowest BCUT2D eigenvalue weighted by molar-refractivity contribution is 0.0198. The second-order valence-electron chi connectivity index (χ2n) is 6.59. The van der Waals surface area contributed by atoms with Gasteiger partial charge in [-0.3, -0.25) is 0 Å². The summed E-state index contributed by atoms with van der Waals surface area (Å²) in [4.78, 5) is 12.2. The zero-order chi connectivity index (χ0) is 18.4. The maximum absolute atomic E-state index is 12.2. The second-order valence-corrected chi connectivity index (χ2v) is 6.59. The van der Waals surface area contributed by atoms with Crippen molar-refractivity contribution in [2.24, 2.45) is 0 Å². The third-order valence-corrected chi connectivity index (χ3v) is 4.57. The maximum Gasteiger partial charge on any atom is 0.319 e. The van der Waals surface area contributed by atoms with E-state index in [1.807, 2.05) is 48.5 Å². The Morgan fingerprint density at radius 3 is 2.88 bits per heavy atom. The molecule has 1 heterocycles. The zero-order valence-electron chi connectivity index (χ0n) is 14.9. The highest BCUT2D eigenvalue weighted by Gasteiger charge is 2.29. The molecule has 1 aliphatic rings. The standard InChI is InChI=1S/C20H25N3O3/c1-26-18-9-3-2-8-17(18)15-6-4-7-16(12-15)23-19(24)22-14-20(25)10-5-11-21-13-20/h2-4,6-9,12,21,25H,5,10-11,13-14H2,1H3,(H2,22,23,24)/t20-/m0/s1. The lowest BCUT2D eigenvalue weighted by atomic mass is 9.94. The molecule has 0 unspecified atom stereocenters. The SMILES string of the molecule is COc1ccccc1-c1cccc(NC(=O)NC[C@]2(O)CCCNC2)c1. The average Bonchev–Trinajstić information content (AvgIpc) is 2.67. The molecule has 6 nitrogen and oxygen atoms in total. The molecule has 0 radical (unpaired) electrons. The van der Waals surface area contributed by atoms with E-state index >= 15 is 0 Å². The second kappa shape index (κ2) is 8.21. The first-order valence-corrected chi connectivity index (χ1v) is 8.81. The number of piperidine rings is 1. The minimum atomic E-state index is -0.880. The molecule has 6 heteroatoms. The van der Waals surface area contributed by atoms with Crippen LogP contribution in [0.2, 0.25) is 0 Å². The van der Waals surface area contributed by atoms with Gasteiger partial charge in [-0.1, -0.05) is 30.3 Å². The molecular formula is C20H25N3O3. The molecule has 3 rings (SSSR count). The number of amides is 2. The van der Waals surface area contributed by atoms with Crippen molar-refractivity contribution >= 4 is 11.7 Å². The molecule has 0 aromatic heterocycles. The predicted octanol–water partition coefficient (Wildman–Crippen LogP) is 2.60. The van der Waals surface area contributed by atoms with Crippen LogP contribution in [-0.4, -0.2) is 43.5 Å². The van der Waals surface area contributed by atoms with Crippen LogP contribution in [0.4, 0.5) is 10.5 Å². The Labute approximate surface area is 153 Å². The van der Waals surface area contributed by atoms with Crippen LogP contribution in [0.3, 0.4) is 0 Å². The van der Waals surface area contributed by atoms with Gasteiger partial charge < -0.3 is 25.8 Å². The Kier molecular flexibility index (Phi) is 5.75. The number of anilines is 1. The van der Waals surface area contributed by atoms with Crippen molar-refractivity contribution in [1.82, 2.24) is 10.6 Å². The number of urea groups is 1. The monoisotopic (exact) mass is 355 g/mol. The molecule has 0 aliphatic carbocycles. The van der Waals surface area contributed by atoms with Gasteiger partial charge in [-0.2, -0.15) is 0 Å². The maximum atomic E-state index is 12.2. The lowest BCUT2D eigenvalue weighted by Crippen LogP contribution is -2.53. The van der Waals surface area contributed by atoms with Gasteiger partial charge in [-0.25, -0.2) is 4.79 Å². The molecule has 2 aromatic carbocycles. The summed E-state index contributed by atoms with van der Waals surface area (Å²) in [7, 11) is 1.64. The van der Waals surface area contributed by atoms with Crippen molar-refractivity contribution in [3.8, 4) is 16.9 Å². The van der Waals surface area contributed by atoms with E-state index in [0.29, 0.717) is 18.7 Å². The zero-order valence-corrected chi connectivity index (χ0v) is 14.9. The molecule has 2 amide bonds. The summed E-state index contributed by atoms with van der Waals surface area (Å²) in [6, 6.07) is 15.0. The quantitative estimate of drug-likeness (QED) is 0.664. The van der Waals surface area contributed by atoms with E-state index < -0.39 is 5.60 Å². The summed E-state index contributed by atoms with van der Waals surface area (Å²) >= 11 is 0. The van der Waals surface area contributed by atoms with Crippen LogP contribution >= 0.6 is 0 Å². The number of aliphatic hydroxyl groups is 1. The van der Waals surface area contributed by atoms with Crippen molar-refractivity contribution in [3.05, 3.63) is 48.5 Å². The summed E-state index contributed by atoms with van der Waals surface area (Å²) in [5.41, 5.74) is 1.71. The molecule has 1 fully saturated rings. The number of carbonyl (C=O) groups excluding carboxylic acids is 1. The third kappa shape index (κ3) is 4.53. The normalized spacial score (nSPS) is 19.6. The average molecular weight is 355 g/mol. The van der Waals surface area contributed by atoms with Crippen molar-refractivity contribution < 1.29 is 14.6 Å². The molecule has 26 heavy (non-hydrogen) atoms. The largest absolute Gasteiger partial charge is 0.496 e. The van der Waals surface area contributed by atoms with Gasteiger partial charge in [0.25, 0.3) is 0 Å². The first kappa shape index (κ1) is 18.2. The number of benzene rings is 2. The number of nitrogens with one attached hydrogen (secondary N) is 3.